The molecule has 2 amide bonds. The number of aliphatic carboxylic acids is 1. The maximum absolute atomic E-state index is 13.3. The van der Waals surface area contributed by atoms with Gasteiger partial charge in [0.2, 0.25) is 5.91 Å². The highest BCUT2D eigenvalue weighted by Gasteiger charge is 2.31. The number of carbonyl (C=O) groups excluding carboxylic acids is 2. The molecule has 6 rings (SSSR count). The molecule has 2 N–H and O–H groups in total. The van der Waals surface area contributed by atoms with E-state index < -0.39 is 5.97 Å². The van der Waals surface area contributed by atoms with Crippen molar-refractivity contribution in [3.8, 4) is 11.1 Å². The number of benzene rings is 4. The number of hydrogen-bond acceptors (Lipinski definition) is 4. The normalized spacial score (nSPS) is 14.9. The highest BCUT2D eigenvalue weighted by atomic mass is 16.4. The summed E-state index contributed by atoms with van der Waals surface area (Å²) >= 11 is 0. The second-order valence-corrected chi connectivity index (χ2v) is 12.6. The van der Waals surface area contributed by atoms with Gasteiger partial charge >= 0.3 is 5.97 Å². The topological polar surface area (TPSA) is 89.9 Å². The highest BCUT2D eigenvalue weighted by molar-refractivity contribution is 5.98. The maximum atomic E-state index is 13.3. The first-order valence-corrected chi connectivity index (χ1v) is 16.3. The summed E-state index contributed by atoms with van der Waals surface area (Å²) in [6.45, 7) is 2.29. The van der Waals surface area contributed by atoms with Crippen LogP contribution in [0.1, 0.15) is 53.6 Å². The summed E-state index contributed by atoms with van der Waals surface area (Å²) in [6, 6.07) is 33.9. The van der Waals surface area contributed by atoms with E-state index in [1.54, 1.807) is 29.2 Å². The molecule has 0 aromatic heterocycles. The van der Waals surface area contributed by atoms with Crippen LogP contribution in [0, 0.1) is 11.8 Å². The first kappa shape index (κ1) is 31.1. The molecule has 1 saturated heterocycles. The van der Waals surface area contributed by atoms with Gasteiger partial charge in [0.05, 0.1) is 17.8 Å². The molecular weight excluding hydrogens is 574 g/mol. The first-order valence-electron chi connectivity index (χ1n) is 16.3. The van der Waals surface area contributed by atoms with Gasteiger partial charge in [-0.2, -0.15) is 0 Å². The molecule has 7 heteroatoms. The standard InChI is InChI=1S/C39H41N3O4/c43-37(44)20-23-42(39(46)32-11-5-2-6-12-32)27-30-10-7-13-33(25-30)34-16-17-36(35(26-34)40-38(45)31-14-15-31)41-21-18-29(19-22-41)24-28-8-3-1-4-9-28/h1-13,16-17,25-26,29,31H,14-15,18-24,27H2,(H,40,45)(H,43,44). The smallest absolute Gasteiger partial charge is 0.305 e. The second kappa shape index (κ2) is 14.5. The molecule has 4 aromatic rings. The van der Waals surface area contributed by atoms with Crippen molar-refractivity contribution in [2.45, 2.75) is 45.1 Å². The Morgan fingerprint density at radius 3 is 2.13 bits per heavy atom. The van der Waals surface area contributed by atoms with Crippen LogP contribution in [-0.2, 0) is 22.6 Å². The summed E-state index contributed by atoms with van der Waals surface area (Å²) in [4.78, 5) is 41.6. The average molecular weight is 616 g/mol. The zero-order chi connectivity index (χ0) is 31.9. The molecule has 46 heavy (non-hydrogen) atoms. The van der Waals surface area contributed by atoms with E-state index in [1.807, 2.05) is 30.3 Å². The Bertz CT molecular complexity index is 1660. The van der Waals surface area contributed by atoms with E-state index in [0.29, 0.717) is 11.5 Å². The molecule has 4 aromatic carbocycles. The SMILES string of the molecule is O=C(O)CCN(Cc1cccc(-c2ccc(N3CCC(Cc4ccccc4)CC3)c(NC(=O)C3CC3)c2)c1)C(=O)c1ccccc1. The monoisotopic (exact) mass is 615 g/mol. The van der Waals surface area contributed by atoms with Gasteiger partial charge in [-0.3, -0.25) is 14.4 Å². The van der Waals surface area contributed by atoms with Gasteiger partial charge < -0.3 is 20.2 Å². The van der Waals surface area contributed by atoms with Crippen LogP contribution in [0.3, 0.4) is 0 Å². The summed E-state index contributed by atoms with van der Waals surface area (Å²) in [7, 11) is 0. The predicted octanol–water partition coefficient (Wildman–Crippen LogP) is 7.28. The van der Waals surface area contributed by atoms with Crippen LogP contribution in [-0.4, -0.2) is 47.4 Å². The molecule has 0 bridgehead atoms. The summed E-state index contributed by atoms with van der Waals surface area (Å²) in [6.07, 6.45) is 5.05. The molecule has 1 aliphatic heterocycles. The molecule has 0 unspecified atom stereocenters. The van der Waals surface area contributed by atoms with Crippen molar-refractivity contribution < 1.29 is 19.5 Å². The van der Waals surface area contributed by atoms with Gasteiger partial charge in [-0.05, 0) is 90.6 Å². The molecule has 1 aliphatic carbocycles. The number of rotatable bonds is 12. The number of nitrogens with one attached hydrogen (secondary N) is 1. The third-order valence-corrected chi connectivity index (χ3v) is 9.06. The maximum Gasteiger partial charge on any atom is 0.305 e. The Morgan fingerprint density at radius 2 is 1.43 bits per heavy atom. The number of carbonyl (C=O) groups is 3. The van der Waals surface area contributed by atoms with Crippen molar-refractivity contribution in [2.75, 3.05) is 29.9 Å². The molecular formula is C39H41N3O4. The lowest BCUT2D eigenvalue weighted by atomic mass is 9.90. The van der Waals surface area contributed by atoms with Crippen molar-refractivity contribution in [1.29, 1.82) is 0 Å². The van der Waals surface area contributed by atoms with Crippen LogP contribution in [0.15, 0.2) is 103 Å². The quantitative estimate of drug-likeness (QED) is 0.175. The molecule has 236 valence electrons. The lowest BCUT2D eigenvalue weighted by molar-refractivity contribution is -0.137. The van der Waals surface area contributed by atoms with Crippen LogP contribution in [0.5, 0.6) is 0 Å². The van der Waals surface area contributed by atoms with Crippen molar-refractivity contribution in [1.82, 2.24) is 4.90 Å². The van der Waals surface area contributed by atoms with Crippen molar-refractivity contribution >= 4 is 29.2 Å². The van der Waals surface area contributed by atoms with Gasteiger partial charge in [0.25, 0.3) is 5.91 Å². The van der Waals surface area contributed by atoms with Crippen LogP contribution in [0.2, 0.25) is 0 Å². The highest BCUT2D eigenvalue weighted by Crippen LogP contribution is 2.37. The number of carboxylic acid groups (broad SMARTS) is 1. The molecule has 2 fully saturated rings. The molecule has 2 aliphatic rings. The van der Waals surface area contributed by atoms with Gasteiger partial charge in [-0.1, -0.05) is 72.8 Å². The van der Waals surface area contributed by atoms with Crippen LogP contribution < -0.4 is 10.2 Å². The number of carboxylic acids is 1. The first-order chi connectivity index (χ1) is 22.4. The van der Waals surface area contributed by atoms with Crippen molar-refractivity contribution in [3.05, 3.63) is 120 Å². The molecule has 1 heterocycles. The zero-order valence-corrected chi connectivity index (χ0v) is 26.1. The summed E-state index contributed by atoms with van der Waals surface area (Å²) in [5, 5.41) is 12.6. The predicted molar refractivity (Wildman–Crippen MR) is 182 cm³/mol. The molecule has 0 atom stereocenters. The fourth-order valence-electron chi connectivity index (χ4n) is 6.31. The second-order valence-electron chi connectivity index (χ2n) is 12.6. The Labute approximate surface area is 270 Å². The summed E-state index contributed by atoms with van der Waals surface area (Å²) < 4.78 is 0. The fraction of sp³-hybridized carbons (Fsp3) is 0.308. The number of hydrogen-bond donors (Lipinski definition) is 2. The molecule has 0 radical (unpaired) electrons. The van der Waals surface area contributed by atoms with Gasteiger partial charge in [0.1, 0.15) is 0 Å². The zero-order valence-electron chi connectivity index (χ0n) is 26.1. The minimum absolute atomic E-state index is 0.0830. The Kier molecular flexibility index (Phi) is 9.77. The fourth-order valence-corrected chi connectivity index (χ4v) is 6.31. The van der Waals surface area contributed by atoms with E-state index in [9.17, 15) is 19.5 Å². The van der Waals surface area contributed by atoms with E-state index in [0.717, 1.165) is 73.3 Å². The third-order valence-electron chi connectivity index (χ3n) is 9.06. The van der Waals surface area contributed by atoms with Gasteiger partial charge in [-0.25, -0.2) is 0 Å². The molecule has 0 spiro atoms. The van der Waals surface area contributed by atoms with E-state index in [1.165, 1.54) is 5.56 Å². The number of anilines is 2. The van der Waals surface area contributed by atoms with E-state index in [4.69, 9.17) is 0 Å². The minimum Gasteiger partial charge on any atom is -0.481 e. The van der Waals surface area contributed by atoms with Crippen molar-refractivity contribution in [3.63, 3.8) is 0 Å². The Morgan fingerprint density at radius 1 is 0.761 bits per heavy atom. The Balaban J connectivity index is 1.21. The van der Waals surface area contributed by atoms with Gasteiger partial charge in [0, 0.05) is 37.7 Å². The van der Waals surface area contributed by atoms with Gasteiger partial charge in [-0.15, -0.1) is 0 Å². The van der Waals surface area contributed by atoms with E-state index in [2.05, 4.69) is 58.7 Å². The van der Waals surface area contributed by atoms with Crippen molar-refractivity contribution in [2.24, 2.45) is 11.8 Å². The van der Waals surface area contributed by atoms with Crippen LogP contribution in [0.4, 0.5) is 11.4 Å². The van der Waals surface area contributed by atoms with Crippen LogP contribution >= 0.6 is 0 Å². The van der Waals surface area contributed by atoms with E-state index >= 15 is 0 Å². The number of piperidine rings is 1. The van der Waals surface area contributed by atoms with Crippen LogP contribution in [0.25, 0.3) is 11.1 Å². The lowest BCUT2D eigenvalue weighted by Gasteiger charge is -2.35. The minimum atomic E-state index is -0.944. The molecule has 1 saturated carbocycles. The largest absolute Gasteiger partial charge is 0.481 e. The molecule has 7 nitrogen and oxygen atoms in total. The number of amides is 2. The summed E-state index contributed by atoms with van der Waals surface area (Å²) in [5.74, 6) is -0.320. The lowest BCUT2D eigenvalue weighted by Crippen LogP contribution is -2.35. The van der Waals surface area contributed by atoms with Gasteiger partial charge in [0.15, 0.2) is 0 Å². The average Bonchev–Trinajstić information content (AvgIpc) is 3.94. The van der Waals surface area contributed by atoms with E-state index in [-0.39, 0.29) is 37.2 Å². The summed E-state index contributed by atoms with van der Waals surface area (Å²) in [5.41, 5.74) is 6.66. The number of nitrogens with zero attached hydrogens (tertiary/aromatic N) is 2. The third kappa shape index (κ3) is 8.02. The Hall–Kier alpha value is -4.91.